The number of rotatable bonds is 13. The van der Waals surface area contributed by atoms with Gasteiger partial charge in [-0.3, -0.25) is 19.9 Å². The molecule has 1 aliphatic rings. The molecule has 3 atom stereocenters. The van der Waals surface area contributed by atoms with Crippen LogP contribution in [0.15, 0.2) is 72.4 Å². The van der Waals surface area contributed by atoms with Crippen LogP contribution in [0.25, 0.3) is 0 Å². The maximum atomic E-state index is 13.3. The molecule has 0 fully saturated rings. The summed E-state index contributed by atoms with van der Waals surface area (Å²) in [6.07, 6.45) is -0.160. The average Bonchev–Trinajstić information content (AvgIpc) is 3.35. The topological polar surface area (TPSA) is 173 Å². The molecule has 0 spiro atoms. The number of ether oxygens (including phenoxy) is 2. The Kier molecular flexibility index (Phi) is 9.87. The van der Waals surface area contributed by atoms with E-state index in [4.69, 9.17) is 19.4 Å². The van der Waals surface area contributed by atoms with Gasteiger partial charge in [-0.1, -0.05) is 62.4 Å². The van der Waals surface area contributed by atoms with Gasteiger partial charge in [-0.05, 0) is 29.7 Å². The molecule has 1 aliphatic heterocycles. The SMILES string of the molecule is CC(C)[C@H](NC(=O)OCc1ccccc1)C1=CC(COc2ccccc2)(C(=O)N[C@@H](CC(=O)O)C(=O)O)ON1. The average molecular weight is 542 g/mol. The summed E-state index contributed by atoms with van der Waals surface area (Å²) in [5, 5.41) is 23.4. The molecule has 12 heteroatoms. The molecule has 12 nitrogen and oxygen atoms in total. The number of hydrogen-bond acceptors (Lipinski definition) is 8. The van der Waals surface area contributed by atoms with Gasteiger partial charge in [0, 0.05) is 0 Å². The second-order valence-corrected chi connectivity index (χ2v) is 9.18. The van der Waals surface area contributed by atoms with Crippen molar-refractivity contribution in [2.24, 2.45) is 5.92 Å². The first-order valence-corrected chi connectivity index (χ1v) is 12.2. The zero-order chi connectivity index (χ0) is 28.4. The Labute approximate surface area is 224 Å². The number of nitrogens with one attached hydrogen (secondary N) is 3. The third-order valence-corrected chi connectivity index (χ3v) is 5.79. The second kappa shape index (κ2) is 13.3. The Morgan fingerprint density at radius 2 is 1.62 bits per heavy atom. The molecule has 0 saturated carbocycles. The molecule has 0 aliphatic carbocycles. The quantitative estimate of drug-likeness (QED) is 0.253. The minimum Gasteiger partial charge on any atom is -0.490 e. The number of carboxylic acids is 2. The summed E-state index contributed by atoms with van der Waals surface area (Å²) < 4.78 is 11.1. The van der Waals surface area contributed by atoms with Gasteiger partial charge in [-0.2, -0.15) is 0 Å². The number of benzene rings is 2. The Hall–Kier alpha value is -4.58. The number of para-hydroxylation sites is 1. The summed E-state index contributed by atoms with van der Waals surface area (Å²) in [5.74, 6) is -3.65. The largest absolute Gasteiger partial charge is 0.490 e. The zero-order valence-electron chi connectivity index (χ0n) is 21.5. The van der Waals surface area contributed by atoms with E-state index < -0.39 is 48.0 Å². The van der Waals surface area contributed by atoms with Crippen molar-refractivity contribution in [1.82, 2.24) is 16.1 Å². The minimum atomic E-state index is -1.89. The van der Waals surface area contributed by atoms with Crippen LogP contribution in [0.2, 0.25) is 0 Å². The third kappa shape index (κ3) is 8.20. The Balaban J connectivity index is 1.81. The Morgan fingerprint density at radius 3 is 2.21 bits per heavy atom. The number of hydroxylamine groups is 1. The van der Waals surface area contributed by atoms with Crippen LogP contribution in [-0.4, -0.2) is 58.4 Å². The van der Waals surface area contributed by atoms with Crippen LogP contribution in [0.3, 0.4) is 0 Å². The fraction of sp³-hybridized carbons (Fsp3) is 0.333. The lowest BCUT2D eigenvalue weighted by Gasteiger charge is -2.26. The van der Waals surface area contributed by atoms with Crippen molar-refractivity contribution in [1.29, 1.82) is 0 Å². The molecule has 3 rings (SSSR count). The van der Waals surface area contributed by atoms with Gasteiger partial charge in [0.1, 0.15) is 25.0 Å². The summed E-state index contributed by atoms with van der Waals surface area (Å²) in [5.41, 5.74) is 1.87. The predicted octanol–water partition coefficient (Wildman–Crippen LogP) is 2.22. The lowest BCUT2D eigenvalue weighted by molar-refractivity contribution is -0.154. The Bertz CT molecular complexity index is 1190. The second-order valence-electron chi connectivity index (χ2n) is 9.18. The van der Waals surface area contributed by atoms with Crippen molar-refractivity contribution in [2.75, 3.05) is 6.61 Å². The normalized spacial score (nSPS) is 17.8. The van der Waals surface area contributed by atoms with Gasteiger partial charge in [0.25, 0.3) is 5.91 Å². The number of carbonyl (C=O) groups is 4. The highest BCUT2D eigenvalue weighted by molar-refractivity contribution is 5.93. The van der Waals surface area contributed by atoms with Crippen molar-refractivity contribution in [2.45, 2.75) is 44.6 Å². The molecule has 2 aromatic carbocycles. The van der Waals surface area contributed by atoms with E-state index in [9.17, 15) is 24.3 Å². The molecule has 1 heterocycles. The van der Waals surface area contributed by atoms with Crippen molar-refractivity contribution >= 4 is 23.9 Å². The molecular formula is C27H31N3O9. The van der Waals surface area contributed by atoms with Crippen molar-refractivity contribution < 1.29 is 43.7 Å². The van der Waals surface area contributed by atoms with E-state index in [-0.39, 0.29) is 19.1 Å². The fourth-order valence-electron chi connectivity index (χ4n) is 3.72. The van der Waals surface area contributed by atoms with Gasteiger partial charge in [-0.15, -0.1) is 0 Å². The fourth-order valence-corrected chi connectivity index (χ4v) is 3.72. The first-order valence-electron chi connectivity index (χ1n) is 12.2. The van der Waals surface area contributed by atoms with Crippen LogP contribution in [-0.2, 0) is 30.6 Å². The molecule has 208 valence electrons. The highest BCUT2D eigenvalue weighted by Crippen LogP contribution is 2.27. The van der Waals surface area contributed by atoms with Crippen molar-refractivity contribution in [3.8, 4) is 5.75 Å². The molecule has 0 aromatic heterocycles. The number of alkyl carbamates (subject to hydrolysis) is 1. The van der Waals surface area contributed by atoms with Crippen LogP contribution in [0, 0.1) is 5.92 Å². The van der Waals surface area contributed by atoms with E-state index >= 15 is 0 Å². The van der Waals surface area contributed by atoms with E-state index in [1.807, 2.05) is 44.2 Å². The molecular weight excluding hydrogens is 510 g/mol. The molecule has 0 radical (unpaired) electrons. The smallest absolute Gasteiger partial charge is 0.408 e. The molecule has 39 heavy (non-hydrogen) atoms. The summed E-state index contributed by atoms with van der Waals surface area (Å²) >= 11 is 0. The van der Waals surface area contributed by atoms with Crippen LogP contribution in [0.4, 0.5) is 4.79 Å². The molecule has 2 aromatic rings. The summed E-state index contributed by atoms with van der Waals surface area (Å²) in [4.78, 5) is 54.2. The number of amides is 2. The van der Waals surface area contributed by atoms with E-state index in [2.05, 4.69) is 16.1 Å². The van der Waals surface area contributed by atoms with Crippen molar-refractivity contribution in [3.05, 3.63) is 78.0 Å². The lowest BCUT2D eigenvalue weighted by Crippen LogP contribution is -2.55. The van der Waals surface area contributed by atoms with E-state index in [1.54, 1.807) is 30.3 Å². The van der Waals surface area contributed by atoms with Gasteiger partial charge in [-0.25, -0.2) is 9.59 Å². The summed E-state index contributed by atoms with van der Waals surface area (Å²) in [7, 11) is 0. The van der Waals surface area contributed by atoms with Crippen LogP contribution < -0.4 is 20.9 Å². The zero-order valence-corrected chi connectivity index (χ0v) is 21.5. The van der Waals surface area contributed by atoms with Gasteiger partial charge >= 0.3 is 18.0 Å². The maximum absolute atomic E-state index is 13.3. The van der Waals surface area contributed by atoms with Crippen LogP contribution >= 0.6 is 0 Å². The van der Waals surface area contributed by atoms with Gasteiger partial charge in [0.05, 0.1) is 18.2 Å². The molecule has 0 saturated heterocycles. The van der Waals surface area contributed by atoms with Gasteiger partial charge in [0.2, 0.25) is 5.60 Å². The number of aliphatic carboxylic acids is 2. The third-order valence-electron chi connectivity index (χ3n) is 5.79. The molecule has 0 bridgehead atoms. The standard InChI is InChI=1S/C27H31N3O9/c1-17(2)23(29-26(36)37-15-18-9-5-3-6-10-18)21-14-27(39-30-21,16-38-19-11-7-4-8-12-19)25(35)28-20(24(33)34)13-22(31)32/h3-12,14,17,20,23,30H,13,15-16H2,1-2H3,(H,28,35)(H,29,36)(H,31,32)(H,33,34)/t20-,23-,27?/m0/s1. The van der Waals surface area contributed by atoms with E-state index in [0.717, 1.165) is 5.56 Å². The molecule has 2 amide bonds. The first-order chi connectivity index (χ1) is 18.6. The molecule has 1 unspecified atom stereocenters. The summed E-state index contributed by atoms with van der Waals surface area (Å²) in [6.45, 7) is 3.33. The van der Waals surface area contributed by atoms with Gasteiger partial charge < -0.3 is 30.3 Å². The van der Waals surface area contributed by atoms with E-state index in [1.165, 1.54) is 6.08 Å². The van der Waals surface area contributed by atoms with Crippen molar-refractivity contribution in [3.63, 3.8) is 0 Å². The van der Waals surface area contributed by atoms with Crippen LogP contribution in [0.5, 0.6) is 5.75 Å². The minimum absolute atomic E-state index is 0.0535. The highest BCUT2D eigenvalue weighted by atomic mass is 16.7. The van der Waals surface area contributed by atoms with Crippen LogP contribution in [0.1, 0.15) is 25.8 Å². The monoisotopic (exact) mass is 541 g/mol. The van der Waals surface area contributed by atoms with Gasteiger partial charge in [0.15, 0.2) is 0 Å². The lowest BCUT2D eigenvalue weighted by atomic mass is 9.96. The first kappa shape index (κ1) is 29.0. The number of carboxylic acid groups (broad SMARTS) is 2. The molecule has 5 N–H and O–H groups in total. The number of hydrogen-bond donors (Lipinski definition) is 5. The predicted molar refractivity (Wildman–Crippen MR) is 137 cm³/mol. The summed E-state index contributed by atoms with van der Waals surface area (Å²) in [6, 6.07) is 15.3. The highest BCUT2D eigenvalue weighted by Gasteiger charge is 2.47. The number of carbonyl (C=O) groups excluding carboxylic acids is 2. The Morgan fingerprint density at radius 1 is 0.974 bits per heavy atom. The van der Waals surface area contributed by atoms with E-state index in [0.29, 0.717) is 11.4 Å². The maximum Gasteiger partial charge on any atom is 0.408 e.